The minimum absolute atomic E-state index is 0.0615. The zero-order chi connectivity index (χ0) is 14.8. The van der Waals surface area contributed by atoms with Crippen molar-refractivity contribution in [1.29, 1.82) is 0 Å². The van der Waals surface area contributed by atoms with E-state index in [1.165, 1.54) is 12.3 Å². The predicted molar refractivity (Wildman–Crippen MR) is 77.9 cm³/mol. The molecule has 3 rings (SSSR count). The van der Waals surface area contributed by atoms with Gasteiger partial charge in [-0.05, 0) is 30.5 Å². The molecular formula is C16H16FN3O. The molecule has 4 nitrogen and oxygen atoms in total. The van der Waals surface area contributed by atoms with Crippen molar-refractivity contribution in [2.75, 3.05) is 5.73 Å². The number of carbonyl (C=O) groups is 1. The summed E-state index contributed by atoms with van der Waals surface area (Å²) in [6, 6.07) is 9.02. The third kappa shape index (κ3) is 2.86. The molecule has 1 aromatic carbocycles. The second kappa shape index (κ2) is 5.52. The Kier molecular flexibility index (Phi) is 3.56. The molecule has 0 aliphatic heterocycles. The van der Waals surface area contributed by atoms with Crippen LogP contribution < -0.4 is 5.73 Å². The van der Waals surface area contributed by atoms with Crippen LogP contribution in [0.25, 0.3) is 0 Å². The number of halogens is 1. The van der Waals surface area contributed by atoms with Crippen molar-refractivity contribution in [2.24, 2.45) is 0 Å². The van der Waals surface area contributed by atoms with Gasteiger partial charge in [0, 0.05) is 24.5 Å². The highest BCUT2D eigenvalue weighted by Crippen LogP contribution is 2.31. The van der Waals surface area contributed by atoms with Crippen LogP contribution in [-0.2, 0) is 6.54 Å². The number of nitrogens with zero attached hydrogens (tertiary/aromatic N) is 2. The van der Waals surface area contributed by atoms with Crippen molar-refractivity contribution in [3.63, 3.8) is 0 Å². The van der Waals surface area contributed by atoms with E-state index in [1.807, 2.05) is 18.2 Å². The van der Waals surface area contributed by atoms with Gasteiger partial charge < -0.3 is 10.6 Å². The van der Waals surface area contributed by atoms with Gasteiger partial charge in [-0.3, -0.25) is 9.78 Å². The molecule has 0 bridgehead atoms. The molecule has 2 aromatic rings. The highest BCUT2D eigenvalue weighted by molar-refractivity contribution is 5.94. The van der Waals surface area contributed by atoms with Gasteiger partial charge in [-0.15, -0.1) is 0 Å². The van der Waals surface area contributed by atoms with E-state index >= 15 is 0 Å². The lowest BCUT2D eigenvalue weighted by atomic mass is 10.1. The highest BCUT2D eigenvalue weighted by atomic mass is 19.1. The van der Waals surface area contributed by atoms with Crippen molar-refractivity contribution in [3.05, 3.63) is 59.7 Å². The molecule has 1 aromatic heterocycles. The Balaban J connectivity index is 1.87. The van der Waals surface area contributed by atoms with Crippen molar-refractivity contribution in [3.8, 4) is 0 Å². The first-order valence-corrected chi connectivity index (χ1v) is 6.90. The maximum atomic E-state index is 13.8. The van der Waals surface area contributed by atoms with E-state index < -0.39 is 5.82 Å². The van der Waals surface area contributed by atoms with Crippen LogP contribution in [0.1, 0.15) is 28.8 Å². The molecule has 1 heterocycles. The summed E-state index contributed by atoms with van der Waals surface area (Å²) < 4.78 is 13.8. The van der Waals surface area contributed by atoms with Gasteiger partial charge >= 0.3 is 0 Å². The fourth-order valence-corrected chi connectivity index (χ4v) is 2.32. The van der Waals surface area contributed by atoms with Crippen molar-refractivity contribution < 1.29 is 9.18 Å². The summed E-state index contributed by atoms with van der Waals surface area (Å²) in [5, 5.41) is 0. The van der Waals surface area contributed by atoms with E-state index in [0.29, 0.717) is 12.2 Å². The second-order valence-corrected chi connectivity index (χ2v) is 5.22. The molecule has 1 saturated carbocycles. The molecule has 0 saturated heterocycles. The average Bonchev–Trinajstić information content (AvgIpc) is 3.31. The first kappa shape index (κ1) is 13.5. The van der Waals surface area contributed by atoms with Crippen LogP contribution in [0.15, 0.2) is 42.7 Å². The minimum atomic E-state index is -0.589. The fraction of sp³-hybridized carbons (Fsp3) is 0.250. The van der Waals surface area contributed by atoms with Gasteiger partial charge in [-0.25, -0.2) is 4.39 Å². The van der Waals surface area contributed by atoms with Gasteiger partial charge in [0.2, 0.25) is 0 Å². The lowest BCUT2D eigenvalue weighted by molar-refractivity contribution is 0.0725. The zero-order valence-electron chi connectivity index (χ0n) is 11.5. The van der Waals surface area contributed by atoms with Crippen LogP contribution in [0.2, 0.25) is 0 Å². The highest BCUT2D eigenvalue weighted by Gasteiger charge is 2.34. The van der Waals surface area contributed by atoms with E-state index in [1.54, 1.807) is 11.0 Å². The Morgan fingerprint density at radius 3 is 2.76 bits per heavy atom. The number of anilines is 1. The number of nitrogens with two attached hydrogens (primary N) is 1. The van der Waals surface area contributed by atoms with E-state index in [-0.39, 0.29) is 17.5 Å². The van der Waals surface area contributed by atoms with Crippen LogP contribution in [0.3, 0.4) is 0 Å². The van der Waals surface area contributed by atoms with Crippen LogP contribution in [0, 0.1) is 5.82 Å². The first-order valence-electron chi connectivity index (χ1n) is 6.90. The molecule has 1 amide bonds. The Hall–Kier alpha value is -2.43. The second-order valence-electron chi connectivity index (χ2n) is 5.22. The summed E-state index contributed by atoms with van der Waals surface area (Å²) >= 11 is 0. The van der Waals surface area contributed by atoms with Gasteiger partial charge in [0.15, 0.2) is 5.82 Å². The third-order valence-electron chi connectivity index (χ3n) is 3.65. The summed E-state index contributed by atoms with van der Waals surface area (Å²) in [5.74, 6) is -0.894. The summed E-state index contributed by atoms with van der Waals surface area (Å²) in [6.07, 6.45) is 4.39. The number of hydrogen-bond acceptors (Lipinski definition) is 3. The van der Waals surface area contributed by atoms with Gasteiger partial charge in [0.1, 0.15) is 0 Å². The van der Waals surface area contributed by atoms with Gasteiger partial charge in [0.05, 0.1) is 11.8 Å². The van der Waals surface area contributed by atoms with Crippen LogP contribution in [0.5, 0.6) is 0 Å². The molecular weight excluding hydrogens is 269 g/mol. The van der Waals surface area contributed by atoms with E-state index in [9.17, 15) is 9.18 Å². The zero-order valence-corrected chi connectivity index (χ0v) is 11.5. The van der Waals surface area contributed by atoms with Gasteiger partial charge in [0.25, 0.3) is 5.91 Å². The number of rotatable bonds is 4. The average molecular weight is 285 g/mol. The van der Waals surface area contributed by atoms with Crippen molar-refractivity contribution >= 4 is 11.6 Å². The SMILES string of the molecule is Nc1ccccc1CN(C(=O)c1ccncc1F)C1CC1. The Labute approximate surface area is 122 Å². The van der Waals surface area contributed by atoms with E-state index in [2.05, 4.69) is 4.98 Å². The Bertz CT molecular complexity index is 670. The molecule has 1 aliphatic rings. The number of hydrogen-bond donors (Lipinski definition) is 1. The largest absolute Gasteiger partial charge is 0.398 e. The van der Waals surface area contributed by atoms with E-state index in [4.69, 9.17) is 5.73 Å². The number of carbonyl (C=O) groups excluding carboxylic acids is 1. The lowest BCUT2D eigenvalue weighted by Gasteiger charge is -2.23. The van der Waals surface area contributed by atoms with Crippen LogP contribution in [-0.4, -0.2) is 21.8 Å². The number of para-hydroxylation sites is 1. The maximum Gasteiger partial charge on any atom is 0.257 e. The lowest BCUT2D eigenvalue weighted by Crippen LogP contribution is -2.33. The number of pyridine rings is 1. The molecule has 108 valence electrons. The smallest absolute Gasteiger partial charge is 0.257 e. The van der Waals surface area contributed by atoms with Gasteiger partial charge in [-0.2, -0.15) is 0 Å². The maximum absolute atomic E-state index is 13.8. The standard InChI is InChI=1S/C16H16FN3O/c17-14-9-19-8-7-13(14)16(21)20(12-5-6-12)10-11-3-1-2-4-15(11)18/h1-4,7-9,12H,5-6,10,18H2. The van der Waals surface area contributed by atoms with Crippen LogP contribution in [0.4, 0.5) is 10.1 Å². The van der Waals surface area contributed by atoms with E-state index in [0.717, 1.165) is 24.6 Å². The first-order chi connectivity index (χ1) is 10.2. The molecule has 21 heavy (non-hydrogen) atoms. The molecule has 1 aliphatic carbocycles. The number of benzene rings is 1. The summed E-state index contributed by atoms with van der Waals surface area (Å²) in [5.41, 5.74) is 7.52. The van der Waals surface area contributed by atoms with Crippen molar-refractivity contribution in [1.82, 2.24) is 9.88 Å². The molecule has 0 radical (unpaired) electrons. The van der Waals surface area contributed by atoms with Crippen molar-refractivity contribution in [2.45, 2.75) is 25.4 Å². The molecule has 1 fully saturated rings. The number of nitrogen functional groups attached to an aromatic ring is 1. The molecule has 0 spiro atoms. The van der Waals surface area contributed by atoms with Gasteiger partial charge in [-0.1, -0.05) is 18.2 Å². The molecule has 5 heteroatoms. The minimum Gasteiger partial charge on any atom is -0.398 e. The Morgan fingerprint density at radius 2 is 2.10 bits per heavy atom. The predicted octanol–water partition coefficient (Wildman–Crippen LogP) is 2.61. The summed E-state index contributed by atoms with van der Waals surface area (Å²) in [4.78, 5) is 18.0. The quantitative estimate of drug-likeness (QED) is 0.878. The monoisotopic (exact) mass is 285 g/mol. The number of aromatic nitrogens is 1. The molecule has 0 atom stereocenters. The third-order valence-corrected chi connectivity index (χ3v) is 3.65. The molecule has 0 unspecified atom stereocenters. The Morgan fingerprint density at radius 1 is 1.33 bits per heavy atom. The summed E-state index contributed by atoms with van der Waals surface area (Å²) in [6.45, 7) is 0.401. The topological polar surface area (TPSA) is 59.2 Å². The number of amides is 1. The fourth-order valence-electron chi connectivity index (χ4n) is 2.32. The summed E-state index contributed by atoms with van der Waals surface area (Å²) in [7, 11) is 0. The normalized spacial score (nSPS) is 14.0. The molecule has 2 N–H and O–H groups in total. The van der Waals surface area contributed by atoms with Crippen LogP contribution >= 0.6 is 0 Å².